The fourth-order valence-electron chi connectivity index (χ4n) is 2.41. The van der Waals surface area contributed by atoms with Crippen LogP contribution in [0.15, 0.2) is 41.3 Å². The minimum atomic E-state index is -0.325. The highest BCUT2D eigenvalue weighted by Gasteiger charge is 2.22. The molecule has 0 saturated carbocycles. The van der Waals surface area contributed by atoms with E-state index in [0.717, 1.165) is 22.4 Å². The number of hydrogen-bond donors (Lipinski definition) is 1. The van der Waals surface area contributed by atoms with Crippen molar-refractivity contribution in [3.8, 4) is 0 Å². The predicted molar refractivity (Wildman–Crippen MR) is 89.7 cm³/mol. The molecule has 1 atom stereocenters. The Labute approximate surface area is 137 Å². The van der Waals surface area contributed by atoms with Crippen molar-refractivity contribution in [2.24, 2.45) is 0 Å². The monoisotopic (exact) mass is 337 g/mol. The number of amides is 1. The van der Waals surface area contributed by atoms with Crippen LogP contribution in [0, 0.1) is 0 Å². The number of hydrogen-bond acceptors (Lipinski definition) is 2. The van der Waals surface area contributed by atoms with Crippen molar-refractivity contribution in [1.82, 2.24) is 0 Å². The molecule has 1 unspecified atom stereocenters. The Balaban J connectivity index is 1.96. The molecule has 108 valence electrons. The van der Waals surface area contributed by atoms with Gasteiger partial charge in [-0.15, -0.1) is 23.4 Å². The molecule has 2 nitrogen and oxygen atoms in total. The van der Waals surface area contributed by atoms with Crippen molar-refractivity contribution in [3.05, 3.63) is 58.1 Å². The van der Waals surface area contributed by atoms with Crippen molar-refractivity contribution in [2.45, 2.75) is 16.7 Å². The average Bonchev–Trinajstić information content (AvgIpc) is 2.85. The zero-order chi connectivity index (χ0) is 15.0. The number of fused-ring (bicyclic) bond motifs is 1. The summed E-state index contributed by atoms with van der Waals surface area (Å²) in [5, 5.41) is 3.04. The maximum Gasteiger partial charge on any atom is 0.228 e. The number of benzene rings is 2. The molecular formula is C16H13Cl2NOS. The molecule has 2 aromatic rings. The molecule has 2 aromatic carbocycles. The molecule has 0 radical (unpaired) electrons. The zero-order valence-corrected chi connectivity index (χ0v) is 13.6. The van der Waals surface area contributed by atoms with E-state index in [1.54, 1.807) is 17.8 Å². The summed E-state index contributed by atoms with van der Waals surface area (Å²) < 4.78 is 0. The Morgan fingerprint density at radius 1 is 1.24 bits per heavy atom. The van der Waals surface area contributed by atoms with Gasteiger partial charge in [0, 0.05) is 15.6 Å². The smallest absolute Gasteiger partial charge is 0.228 e. The largest absolute Gasteiger partial charge is 0.325 e. The summed E-state index contributed by atoms with van der Waals surface area (Å²) in [5.41, 5.74) is 3.57. The SMILES string of the molecule is CSc1ccc(C(Cl)c2cc3c(cc2Cl)NC(=O)C3)cc1. The van der Waals surface area contributed by atoms with Gasteiger partial charge in [-0.3, -0.25) is 4.79 Å². The van der Waals surface area contributed by atoms with E-state index in [-0.39, 0.29) is 11.3 Å². The molecule has 1 heterocycles. The van der Waals surface area contributed by atoms with Gasteiger partial charge in [-0.1, -0.05) is 23.7 Å². The summed E-state index contributed by atoms with van der Waals surface area (Å²) >= 11 is 14.6. The van der Waals surface area contributed by atoms with E-state index in [1.165, 1.54) is 4.90 Å². The van der Waals surface area contributed by atoms with Crippen LogP contribution in [0.3, 0.4) is 0 Å². The van der Waals surface area contributed by atoms with Gasteiger partial charge in [-0.2, -0.15) is 0 Å². The van der Waals surface area contributed by atoms with Gasteiger partial charge in [0.05, 0.1) is 11.8 Å². The number of carbonyl (C=O) groups excluding carboxylic acids is 1. The number of rotatable bonds is 3. The van der Waals surface area contributed by atoms with Gasteiger partial charge in [-0.05, 0) is 47.2 Å². The lowest BCUT2D eigenvalue weighted by atomic mass is 10.0. The van der Waals surface area contributed by atoms with Gasteiger partial charge < -0.3 is 5.32 Å². The molecule has 1 aliphatic heterocycles. The molecule has 1 N–H and O–H groups in total. The molecule has 0 aliphatic carbocycles. The summed E-state index contributed by atoms with van der Waals surface area (Å²) in [5.74, 6) is -0.00587. The fraction of sp³-hybridized carbons (Fsp3) is 0.188. The molecule has 0 aromatic heterocycles. The van der Waals surface area contributed by atoms with Gasteiger partial charge >= 0.3 is 0 Å². The second-order valence-electron chi connectivity index (χ2n) is 4.89. The van der Waals surface area contributed by atoms with Gasteiger partial charge in [0.25, 0.3) is 0 Å². The third kappa shape index (κ3) is 2.91. The summed E-state index contributed by atoms with van der Waals surface area (Å²) in [6, 6.07) is 11.8. The van der Waals surface area contributed by atoms with E-state index < -0.39 is 0 Å². The van der Waals surface area contributed by atoms with Crippen molar-refractivity contribution in [3.63, 3.8) is 0 Å². The summed E-state index contributed by atoms with van der Waals surface area (Å²) in [6.45, 7) is 0. The first-order valence-electron chi connectivity index (χ1n) is 6.48. The second-order valence-corrected chi connectivity index (χ2v) is 6.61. The minimum Gasteiger partial charge on any atom is -0.325 e. The number of anilines is 1. The minimum absolute atomic E-state index is 0.00587. The lowest BCUT2D eigenvalue weighted by Crippen LogP contribution is -2.03. The molecule has 1 amide bonds. The molecule has 3 rings (SSSR count). The predicted octanol–water partition coefficient (Wildman–Crippen LogP) is 4.88. The highest BCUT2D eigenvalue weighted by Crippen LogP contribution is 2.38. The van der Waals surface area contributed by atoms with E-state index >= 15 is 0 Å². The lowest BCUT2D eigenvalue weighted by Gasteiger charge is -2.14. The summed E-state index contributed by atoms with van der Waals surface area (Å²) in [6.07, 6.45) is 2.42. The topological polar surface area (TPSA) is 29.1 Å². The fourth-order valence-corrected chi connectivity index (χ4v) is 3.48. The number of halogens is 2. The first-order valence-corrected chi connectivity index (χ1v) is 8.52. The highest BCUT2D eigenvalue weighted by molar-refractivity contribution is 7.98. The number of alkyl halides is 1. The Kier molecular flexibility index (Phi) is 4.16. The molecule has 21 heavy (non-hydrogen) atoms. The Hall–Kier alpha value is -1.16. The maximum atomic E-state index is 11.4. The van der Waals surface area contributed by atoms with Gasteiger partial charge in [0.2, 0.25) is 5.91 Å². The second kappa shape index (κ2) is 5.91. The van der Waals surface area contributed by atoms with Crippen LogP contribution in [0.2, 0.25) is 5.02 Å². The van der Waals surface area contributed by atoms with Crippen LogP contribution in [0.5, 0.6) is 0 Å². The summed E-state index contributed by atoms with van der Waals surface area (Å²) in [7, 11) is 0. The third-order valence-corrected chi connectivity index (χ3v) is 5.09. The van der Waals surface area contributed by atoms with E-state index in [0.29, 0.717) is 11.4 Å². The van der Waals surface area contributed by atoms with Gasteiger partial charge in [0.15, 0.2) is 0 Å². The average molecular weight is 338 g/mol. The molecule has 0 bridgehead atoms. The van der Waals surface area contributed by atoms with Crippen molar-refractivity contribution in [1.29, 1.82) is 0 Å². The van der Waals surface area contributed by atoms with Crippen molar-refractivity contribution >= 4 is 46.6 Å². The third-order valence-electron chi connectivity index (χ3n) is 3.53. The standard InChI is InChI=1S/C16H13Cl2NOS/c1-21-11-4-2-9(3-5-11)16(18)12-6-10-7-15(20)19-14(10)8-13(12)17/h2-6,8,16H,7H2,1H3,(H,19,20). The number of carbonyl (C=O) groups is 1. The van der Waals surface area contributed by atoms with Crippen LogP contribution in [0.1, 0.15) is 22.1 Å². The van der Waals surface area contributed by atoms with Crippen LogP contribution in [-0.2, 0) is 11.2 Å². The number of nitrogens with one attached hydrogen (secondary N) is 1. The van der Waals surface area contributed by atoms with Crippen LogP contribution in [0.4, 0.5) is 5.69 Å². The molecule has 5 heteroatoms. The Morgan fingerprint density at radius 2 is 1.95 bits per heavy atom. The van der Waals surface area contributed by atoms with E-state index in [9.17, 15) is 4.79 Å². The molecule has 0 saturated heterocycles. The summed E-state index contributed by atoms with van der Waals surface area (Å²) in [4.78, 5) is 12.6. The van der Waals surface area contributed by atoms with Crippen LogP contribution in [-0.4, -0.2) is 12.2 Å². The first-order chi connectivity index (χ1) is 10.1. The molecule has 0 fully saturated rings. The Morgan fingerprint density at radius 3 is 2.62 bits per heavy atom. The van der Waals surface area contributed by atoms with Gasteiger partial charge in [-0.25, -0.2) is 0 Å². The first kappa shape index (κ1) is 14.8. The van der Waals surface area contributed by atoms with Crippen molar-refractivity contribution in [2.75, 3.05) is 11.6 Å². The van der Waals surface area contributed by atoms with E-state index in [1.807, 2.05) is 36.6 Å². The van der Waals surface area contributed by atoms with Gasteiger partial charge in [0.1, 0.15) is 0 Å². The zero-order valence-electron chi connectivity index (χ0n) is 11.3. The Bertz CT molecular complexity index is 700. The molecular weight excluding hydrogens is 325 g/mol. The highest BCUT2D eigenvalue weighted by atomic mass is 35.5. The lowest BCUT2D eigenvalue weighted by molar-refractivity contribution is -0.115. The van der Waals surface area contributed by atoms with Crippen LogP contribution in [0.25, 0.3) is 0 Å². The van der Waals surface area contributed by atoms with E-state index in [2.05, 4.69) is 5.32 Å². The number of thioether (sulfide) groups is 1. The molecule has 0 spiro atoms. The maximum absolute atomic E-state index is 11.4. The van der Waals surface area contributed by atoms with E-state index in [4.69, 9.17) is 23.2 Å². The van der Waals surface area contributed by atoms with Crippen LogP contribution < -0.4 is 5.32 Å². The molecule has 1 aliphatic rings. The quantitative estimate of drug-likeness (QED) is 0.638. The normalized spacial score (nSPS) is 14.7. The van der Waals surface area contributed by atoms with Crippen molar-refractivity contribution < 1.29 is 4.79 Å². The van der Waals surface area contributed by atoms with Crippen LogP contribution >= 0.6 is 35.0 Å².